The van der Waals surface area contributed by atoms with Crippen LogP contribution < -0.4 is 19.1 Å². The van der Waals surface area contributed by atoms with Gasteiger partial charge in [0.15, 0.2) is 0 Å². The van der Waals surface area contributed by atoms with Crippen LogP contribution in [0.5, 0.6) is 11.5 Å². The molecule has 0 fully saturated rings. The van der Waals surface area contributed by atoms with Crippen molar-refractivity contribution in [1.82, 2.24) is 10.2 Å². The number of nitrogens with one attached hydrogen (secondary N) is 1. The van der Waals surface area contributed by atoms with E-state index in [0.717, 1.165) is 16.1 Å². The molecule has 0 aromatic heterocycles. The van der Waals surface area contributed by atoms with E-state index in [1.165, 1.54) is 31.3 Å². The molecule has 12 heteroatoms. The van der Waals surface area contributed by atoms with Crippen LogP contribution in [0.4, 0.5) is 5.69 Å². The van der Waals surface area contributed by atoms with E-state index in [1.54, 1.807) is 24.3 Å². The summed E-state index contributed by atoms with van der Waals surface area (Å²) in [5.74, 6) is -0.234. The van der Waals surface area contributed by atoms with Gasteiger partial charge in [-0.25, -0.2) is 8.42 Å². The Morgan fingerprint density at radius 1 is 0.930 bits per heavy atom. The van der Waals surface area contributed by atoms with Crippen LogP contribution in [0.25, 0.3) is 0 Å². The van der Waals surface area contributed by atoms with Gasteiger partial charge in [0.05, 0.1) is 26.2 Å². The van der Waals surface area contributed by atoms with Crippen LogP contribution in [0.2, 0.25) is 10.0 Å². The molecule has 43 heavy (non-hydrogen) atoms. The van der Waals surface area contributed by atoms with Crippen LogP contribution in [0, 0.1) is 5.92 Å². The minimum absolute atomic E-state index is 0.138. The van der Waals surface area contributed by atoms with E-state index in [0.29, 0.717) is 27.9 Å². The highest BCUT2D eigenvalue weighted by atomic mass is 35.5. The molecule has 0 aliphatic heterocycles. The molecular weight excluding hydrogens is 613 g/mol. The highest BCUT2D eigenvalue weighted by Gasteiger charge is 2.34. The number of ether oxygens (including phenoxy) is 2. The SMILES string of the molecule is COc1ccc(N(CC(=O)N(Cc2c(Cl)cccc2Cl)[C@@H](Cc2ccccc2)C(=O)NCC(C)C)S(C)(=O)=O)c(OC)c1. The molecule has 9 nitrogen and oxygen atoms in total. The Morgan fingerprint density at radius 3 is 2.14 bits per heavy atom. The van der Waals surface area contributed by atoms with Gasteiger partial charge in [0, 0.05) is 41.2 Å². The molecule has 1 atom stereocenters. The molecule has 0 saturated carbocycles. The van der Waals surface area contributed by atoms with Crippen LogP contribution in [0.3, 0.4) is 0 Å². The molecule has 0 bridgehead atoms. The standard InChI is InChI=1S/C31H37Cl2N3O6S/c1-21(2)18-34-31(38)28(16-22-10-7-6-8-11-22)35(19-24-25(32)12-9-13-26(24)33)30(37)20-36(43(5,39)40)27-15-14-23(41-3)17-29(27)42-4/h6-15,17,21,28H,16,18-20H2,1-5H3,(H,34,38)/t28-/m0/s1. The molecule has 0 spiro atoms. The van der Waals surface area contributed by atoms with Gasteiger partial charge in [0.2, 0.25) is 21.8 Å². The van der Waals surface area contributed by atoms with Gasteiger partial charge in [0.1, 0.15) is 24.1 Å². The average molecular weight is 651 g/mol. The highest BCUT2D eigenvalue weighted by Crippen LogP contribution is 2.34. The largest absolute Gasteiger partial charge is 0.497 e. The fourth-order valence-corrected chi connectivity index (χ4v) is 5.79. The number of benzene rings is 3. The lowest BCUT2D eigenvalue weighted by atomic mass is 10.0. The van der Waals surface area contributed by atoms with Gasteiger partial charge in [-0.05, 0) is 35.7 Å². The van der Waals surface area contributed by atoms with Gasteiger partial charge >= 0.3 is 0 Å². The summed E-state index contributed by atoms with van der Waals surface area (Å²) in [6.45, 7) is 3.56. The second kappa shape index (κ2) is 15.3. The number of anilines is 1. The molecule has 232 valence electrons. The first-order valence-corrected chi connectivity index (χ1v) is 16.2. The molecular formula is C31H37Cl2N3O6S. The Bertz CT molecular complexity index is 1500. The molecule has 1 N–H and O–H groups in total. The molecule has 3 rings (SSSR count). The quantitative estimate of drug-likeness (QED) is 0.258. The van der Waals surface area contributed by atoms with E-state index in [9.17, 15) is 18.0 Å². The first-order chi connectivity index (χ1) is 20.3. The van der Waals surface area contributed by atoms with Gasteiger partial charge in [0.25, 0.3) is 0 Å². The van der Waals surface area contributed by atoms with Gasteiger partial charge in [-0.1, -0.05) is 73.4 Å². The molecule has 3 aromatic carbocycles. The van der Waals surface area contributed by atoms with E-state index in [-0.39, 0.29) is 36.2 Å². The van der Waals surface area contributed by atoms with Crippen molar-refractivity contribution in [2.75, 3.05) is 37.9 Å². The smallest absolute Gasteiger partial charge is 0.244 e. The zero-order chi connectivity index (χ0) is 31.7. The summed E-state index contributed by atoms with van der Waals surface area (Å²) < 4.78 is 37.8. The van der Waals surface area contributed by atoms with Gasteiger partial charge in [-0.3, -0.25) is 13.9 Å². The number of methoxy groups -OCH3 is 2. The van der Waals surface area contributed by atoms with Gasteiger partial charge in [-0.2, -0.15) is 0 Å². The number of nitrogens with zero attached hydrogens (tertiary/aromatic N) is 2. The van der Waals surface area contributed by atoms with Crippen molar-refractivity contribution >= 4 is 50.7 Å². The molecule has 0 unspecified atom stereocenters. The number of hydrogen-bond acceptors (Lipinski definition) is 6. The third-order valence-corrected chi connectivity index (χ3v) is 8.52. The Morgan fingerprint density at radius 2 is 1.58 bits per heavy atom. The van der Waals surface area contributed by atoms with Crippen molar-refractivity contribution in [3.8, 4) is 11.5 Å². The van der Waals surface area contributed by atoms with E-state index in [1.807, 2.05) is 44.2 Å². The molecule has 0 aliphatic rings. The molecule has 0 aliphatic carbocycles. The van der Waals surface area contributed by atoms with Crippen molar-refractivity contribution in [2.24, 2.45) is 5.92 Å². The zero-order valence-corrected chi connectivity index (χ0v) is 27.2. The number of amides is 2. The Balaban J connectivity index is 2.13. The second-order valence-electron chi connectivity index (χ2n) is 10.4. The van der Waals surface area contributed by atoms with Crippen LogP contribution in [-0.2, 0) is 32.6 Å². The van der Waals surface area contributed by atoms with Crippen molar-refractivity contribution < 1.29 is 27.5 Å². The Kier molecular flexibility index (Phi) is 12.1. The molecule has 3 aromatic rings. The number of hydrogen-bond donors (Lipinski definition) is 1. The minimum Gasteiger partial charge on any atom is -0.497 e. The summed E-state index contributed by atoms with van der Waals surface area (Å²) in [7, 11) is -1.14. The van der Waals surface area contributed by atoms with Crippen LogP contribution >= 0.6 is 23.2 Å². The fraction of sp³-hybridized carbons (Fsp3) is 0.355. The maximum atomic E-state index is 14.3. The minimum atomic E-state index is -4.00. The number of carbonyl (C=O) groups excluding carboxylic acids is 2. The summed E-state index contributed by atoms with van der Waals surface area (Å²) in [5.41, 5.74) is 1.38. The van der Waals surface area contributed by atoms with E-state index in [2.05, 4.69) is 5.32 Å². The summed E-state index contributed by atoms with van der Waals surface area (Å²) in [5, 5.41) is 3.55. The second-order valence-corrected chi connectivity index (χ2v) is 13.1. The first kappa shape index (κ1) is 34.0. The topological polar surface area (TPSA) is 105 Å². The van der Waals surface area contributed by atoms with Crippen molar-refractivity contribution in [2.45, 2.75) is 32.9 Å². The number of rotatable bonds is 14. The predicted molar refractivity (Wildman–Crippen MR) is 171 cm³/mol. The lowest BCUT2D eigenvalue weighted by Gasteiger charge is -2.34. The highest BCUT2D eigenvalue weighted by molar-refractivity contribution is 7.92. The van der Waals surface area contributed by atoms with E-state index < -0.39 is 28.5 Å². The summed E-state index contributed by atoms with van der Waals surface area (Å²) in [6.07, 6.45) is 1.17. The van der Waals surface area contributed by atoms with E-state index >= 15 is 0 Å². The van der Waals surface area contributed by atoms with Crippen LogP contribution in [0.1, 0.15) is 25.0 Å². The third-order valence-electron chi connectivity index (χ3n) is 6.68. The van der Waals surface area contributed by atoms with E-state index in [4.69, 9.17) is 32.7 Å². The monoisotopic (exact) mass is 649 g/mol. The van der Waals surface area contributed by atoms with Gasteiger partial charge < -0.3 is 19.7 Å². The van der Waals surface area contributed by atoms with Crippen LogP contribution in [0.15, 0.2) is 66.7 Å². The maximum absolute atomic E-state index is 14.3. The summed E-state index contributed by atoms with van der Waals surface area (Å²) in [4.78, 5) is 29.4. The molecule has 0 saturated heterocycles. The molecule has 0 radical (unpaired) electrons. The fourth-order valence-electron chi connectivity index (χ4n) is 4.42. The van der Waals surface area contributed by atoms with Gasteiger partial charge in [-0.15, -0.1) is 0 Å². The summed E-state index contributed by atoms with van der Waals surface area (Å²) in [6, 6.07) is 17.8. The first-order valence-electron chi connectivity index (χ1n) is 13.6. The van der Waals surface area contributed by atoms with Crippen molar-refractivity contribution in [3.05, 3.63) is 87.9 Å². The Hall–Kier alpha value is -3.47. The van der Waals surface area contributed by atoms with Crippen molar-refractivity contribution in [1.29, 1.82) is 0 Å². The zero-order valence-electron chi connectivity index (χ0n) is 24.8. The maximum Gasteiger partial charge on any atom is 0.244 e. The summed E-state index contributed by atoms with van der Waals surface area (Å²) >= 11 is 13.0. The molecule has 2 amide bonds. The number of halogens is 2. The number of sulfonamides is 1. The van der Waals surface area contributed by atoms with Crippen LogP contribution in [-0.4, -0.2) is 64.7 Å². The Labute approximate surface area is 263 Å². The third kappa shape index (κ3) is 9.26. The lowest BCUT2D eigenvalue weighted by Crippen LogP contribution is -2.53. The average Bonchev–Trinajstić information content (AvgIpc) is 2.97. The number of carbonyl (C=O) groups is 2. The predicted octanol–water partition coefficient (Wildman–Crippen LogP) is 5.19. The van der Waals surface area contributed by atoms with Crippen molar-refractivity contribution in [3.63, 3.8) is 0 Å². The molecule has 0 heterocycles. The normalized spacial score (nSPS) is 12.0. The lowest BCUT2D eigenvalue weighted by molar-refractivity contribution is -0.140.